The van der Waals surface area contributed by atoms with E-state index in [2.05, 4.69) is 9.97 Å². The van der Waals surface area contributed by atoms with Crippen molar-refractivity contribution in [2.75, 3.05) is 13.7 Å². The summed E-state index contributed by atoms with van der Waals surface area (Å²) in [5.41, 5.74) is 0.282. The summed E-state index contributed by atoms with van der Waals surface area (Å²) in [4.78, 5) is 18.1. The highest BCUT2D eigenvalue weighted by Gasteiger charge is 2.06. The van der Waals surface area contributed by atoms with Gasteiger partial charge in [0.25, 0.3) is 5.56 Å². The summed E-state index contributed by atoms with van der Waals surface area (Å²) in [6.07, 6.45) is 1.12. The molecule has 0 aliphatic carbocycles. The van der Waals surface area contributed by atoms with Gasteiger partial charge in [0.15, 0.2) is 0 Å². The van der Waals surface area contributed by atoms with Crippen LogP contribution in [0, 0.1) is 6.92 Å². The Morgan fingerprint density at radius 2 is 2.29 bits per heavy atom. The molecule has 0 aliphatic heterocycles. The molecule has 78 valence electrons. The van der Waals surface area contributed by atoms with Gasteiger partial charge in [-0.1, -0.05) is 0 Å². The third-order valence-electron chi connectivity index (χ3n) is 1.92. The number of aromatic amines is 1. The maximum absolute atomic E-state index is 11.3. The number of H-pyrrole nitrogens is 1. The second-order valence-electron chi connectivity index (χ2n) is 2.97. The molecule has 0 bridgehead atoms. The Hall–Kier alpha value is -1.36. The van der Waals surface area contributed by atoms with Crippen molar-refractivity contribution < 1.29 is 9.84 Å². The van der Waals surface area contributed by atoms with E-state index in [9.17, 15) is 4.79 Å². The number of aliphatic hydroxyl groups excluding tert-OH is 1. The van der Waals surface area contributed by atoms with Crippen LogP contribution in [0.4, 0.5) is 0 Å². The smallest absolute Gasteiger partial charge is 0.257 e. The largest absolute Gasteiger partial charge is 0.481 e. The van der Waals surface area contributed by atoms with E-state index in [-0.39, 0.29) is 12.2 Å². The Kier molecular flexibility index (Phi) is 3.64. The fraction of sp³-hybridized carbons (Fsp3) is 0.556. The van der Waals surface area contributed by atoms with E-state index in [1.165, 1.54) is 7.11 Å². The van der Waals surface area contributed by atoms with Crippen molar-refractivity contribution >= 4 is 0 Å². The van der Waals surface area contributed by atoms with Crippen LogP contribution >= 0.6 is 0 Å². The summed E-state index contributed by atoms with van der Waals surface area (Å²) in [6, 6.07) is 0. The van der Waals surface area contributed by atoms with Crippen LogP contribution in [0.3, 0.4) is 0 Å². The number of aromatic nitrogens is 2. The van der Waals surface area contributed by atoms with E-state index >= 15 is 0 Å². The molecule has 0 radical (unpaired) electrons. The van der Waals surface area contributed by atoms with E-state index < -0.39 is 0 Å². The summed E-state index contributed by atoms with van der Waals surface area (Å²) in [7, 11) is 1.48. The average molecular weight is 198 g/mol. The molecule has 1 aromatic heterocycles. The number of rotatable bonds is 4. The van der Waals surface area contributed by atoms with Crippen molar-refractivity contribution in [3.8, 4) is 5.88 Å². The highest BCUT2D eigenvalue weighted by atomic mass is 16.5. The van der Waals surface area contributed by atoms with Crippen LogP contribution in [-0.2, 0) is 6.42 Å². The molecule has 0 aliphatic rings. The number of nitrogens with one attached hydrogen (secondary N) is 1. The van der Waals surface area contributed by atoms with E-state index in [0.29, 0.717) is 30.1 Å². The van der Waals surface area contributed by atoms with Crippen LogP contribution < -0.4 is 10.3 Å². The first-order valence-electron chi connectivity index (χ1n) is 4.43. The first-order valence-corrected chi connectivity index (χ1v) is 4.43. The third kappa shape index (κ3) is 2.32. The quantitative estimate of drug-likeness (QED) is 0.714. The monoisotopic (exact) mass is 198 g/mol. The van der Waals surface area contributed by atoms with E-state index in [4.69, 9.17) is 9.84 Å². The van der Waals surface area contributed by atoms with Crippen LogP contribution in [0.25, 0.3) is 0 Å². The molecule has 0 aromatic carbocycles. The molecule has 5 heteroatoms. The molecule has 0 fully saturated rings. The SMILES string of the molecule is COc1nc(CCCO)[nH]c(=O)c1C. The van der Waals surface area contributed by atoms with Gasteiger partial charge in [0, 0.05) is 13.0 Å². The van der Waals surface area contributed by atoms with E-state index in [0.717, 1.165) is 0 Å². The van der Waals surface area contributed by atoms with Crippen LogP contribution in [0.5, 0.6) is 5.88 Å². The van der Waals surface area contributed by atoms with Gasteiger partial charge in [-0.05, 0) is 13.3 Å². The number of nitrogens with zero attached hydrogens (tertiary/aromatic N) is 1. The Morgan fingerprint density at radius 1 is 1.57 bits per heavy atom. The molecule has 1 rings (SSSR count). The minimum absolute atomic E-state index is 0.0832. The van der Waals surface area contributed by atoms with Crippen molar-refractivity contribution in [3.05, 3.63) is 21.7 Å². The molecule has 14 heavy (non-hydrogen) atoms. The predicted octanol–water partition coefficient (Wildman–Crippen LogP) is 0.0118. The Morgan fingerprint density at radius 3 is 2.86 bits per heavy atom. The van der Waals surface area contributed by atoms with Crippen molar-refractivity contribution in [1.29, 1.82) is 0 Å². The summed E-state index contributed by atoms with van der Waals surface area (Å²) in [5, 5.41) is 8.63. The molecule has 0 unspecified atom stereocenters. The Labute approximate surface area is 81.8 Å². The number of methoxy groups -OCH3 is 1. The lowest BCUT2D eigenvalue weighted by molar-refractivity contribution is 0.287. The molecule has 2 N–H and O–H groups in total. The molecule has 0 saturated carbocycles. The summed E-state index contributed by atoms with van der Waals surface area (Å²) in [5.74, 6) is 0.896. The summed E-state index contributed by atoms with van der Waals surface area (Å²) >= 11 is 0. The van der Waals surface area contributed by atoms with Crippen molar-refractivity contribution in [2.45, 2.75) is 19.8 Å². The van der Waals surface area contributed by atoms with E-state index in [1.807, 2.05) is 0 Å². The van der Waals surface area contributed by atoms with Gasteiger partial charge in [0.1, 0.15) is 5.82 Å². The molecular formula is C9H14N2O3. The molecule has 0 atom stereocenters. The second kappa shape index (κ2) is 4.76. The second-order valence-corrected chi connectivity index (χ2v) is 2.97. The van der Waals surface area contributed by atoms with Gasteiger partial charge in [-0.25, -0.2) is 0 Å². The number of ether oxygens (including phenoxy) is 1. The highest BCUT2D eigenvalue weighted by Crippen LogP contribution is 2.08. The normalized spacial score (nSPS) is 10.2. The number of hydrogen-bond acceptors (Lipinski definition) is 4. The predicted molar refractivity (Wildman–Crippen MR) is 51.6 cm³/mol. The third-order valence-corrected chi connectivity index (χ3v) is 1.92. The maximum Gasteiger partial charge on any atom is 0.257 e. The van der Waals surface area contributed by atoms with Gasteiger partial charge in [-0.3, -0.25) is 4.79 Å². The minimum Gasteiger partial charge on any atom is -0.481 e. The molecule has 0 amide bonds. The van der Waals surface area contributed by atoms with Crippen LogP contribution in [0.15, 0.2) is 4.79 Å². The molecule has 1 aromatic rings. The zero-order chi connectivity index (χ0) is 10.6. The first-order chi connectivity index (χ1) is 6.69. The highest BCUT2D eigenvalue weighted by molar-refractivity contribution is 5.21. The van der Waals surface area contributed by atoms with Crippen LogP contribution in [0.1, 0.15) is 17.8 Å². The molecule has 0 spiro atoms. The van der Waals surface area contributed by atoms with Crippen molar-refractivity contribution in [2.24, 2.45) is 0 Å². The fourth-order valence-corrected chi connectivity index (χ4v) is 1.12. The topological polar surface area (TPSA) is 75.2 Å². The maximum atomic E-state index is 11.3. The number of aliphatic hydroxyl groups is 1. The molecular weight excluding hydrogens is 184 g/mol. The minimum atomic E-state index is -0.190. The Balaban J connectivity index is 2.98. The first kappa shape index (κ1) is 10.7. The number of hydrogen-bond donors (Lipinski definition) is 2. The zero-order valence-electron chi connectivity index (χ0n) is 8.33. The molecule has 5 nitrogen and oxygen atoms in total. The lowest BCUT2D eigenvalue weighted by Crippen LogP contribution is -2.16. The van der Waals surface area contributed by atoms with Gasteiger partial charge in [0.05, 0.1) is 12.7 Å². The van der Waals surface area contributed by atoms with Gasteiger partial charge >= 0.3 is 0 Å². The van der Waals surface area contributed by atoms with Gasteiger partial charge in [-0.2, -0.15) is 4.98 Å². The average Bonchev–Trinajstić information content (AvgIpc) is 2.19. The van der Waals surface area contributed by atoms with Crippen molar-refractivity contribution in [3.63, 3.8) is 0 Å². The van der Waals surface area contributed by atoms with Crippen LogP contribution in [-0.4, -0.2) is 28.8 Å². The summed E-state index contributed by atoms with van der Waals surface area (Å²) in [6.45, 7) is 1.74. The van der Waals surface area contributed by atoms with Crippen molar-refractivity contribution in [1.82, 2.24) is 9.97 Å². The lowest BCUT2D eigenvalue weighted by atomic mass is 10.3. The number of aryl methyl sites for hydroxylation is 1. The standard InChI is InChI=1S/C9H14N2O3/c1-6-8(13)10-7(4-3-5-12)11-9(6)14-2/h12H,3-5H2,1-2H3,(H,10,11,13). The van der Waals surface area contributed by atoms with Gasteiger partial charge in [0.2, 0.25) is 5.88 Å². The lowest BCUT2D eigenvalue weighted by Gasteiger charge is -2.05. The summed E-state index contributed by atoms with van der Waals surface area (Å²) < 4.78 is 4.95. The van der Waals surface area contributed by atoms with Crippen LogP contribution in [0.2, 0.25) is 0 Å². The van der Waals surface area contributed by atoms with Gasteiger partial charge < -0.3 is 14.8 Å². The molecule has 1 heterocycles. The molecule has 0 saturated heterocycles. The fourth-order valence-electron chi connectivity index (χ4n) is 1.12. The van der Waals surface area contributed by atoms with E-state index in [1.54, 1.807) is 6.92 Å². The Bertz CT molecular complexity index is 360. The van der Waals surface area contributed by atoms with Gasteiger partial charge in [-0.15, -0.1) is 0 Å². The zero-order valence-corrected chi connectivity index (χ0v) is 8.33.